The third-order valence-corrected chi connectivity index (χ3v) is 16.6. The Morgan fingerprint density at radius 1 is 0.316 bits per heavy atom. The van der Waals surface area contributed by atoms with Gasteiger partial charge in [-0.1, -0.05) is 164 Å². The number of fused-ring (bicyclic) bond motifs is 7. The minimum atomic E-state index is -0.243. The largest absolute Gasteiger partial charge is 0.301 e. The van der Waals surface area contributed by atoms with Gasteiger partial charge in [0, 0.05) is 59.5 Å². The van der Waals surface area contributed by atoms with E-state index in [9.17, 15) is 19.2 Å². The summed E-state index contributed by atoms with van der Waals surface area (Å²) in [7, 11) is 0. The lowest BCUT2D eigenvalue weighted by Gasteiger charge is -2.27. The second-order valence-corrected chi connectivity index (χ2v) is 21.2. The lowest BCUT2D eigenvalue weighted by molar-refractivity contribution is 0.0975. The van der Waals surface area contributed by atoms with Crippen molar-refractivity contribution < 1.29 is 19.2 Å². The molecule has 0 fully saturated rings. The summed E-state index contributed by atoms with van der Waals surface area (Å²) in [4.78, 5) is 59.9. The summed E-state index contributed by atoms with van der Waals surface area (Å²) in [5, 5.41) is 10.7. The Balaban J connectivity index is 0.851. The number of Topliss-reactive ketones (excluding diaryl/α,β-unsaturated/α-hetero) is 4. The van der Waals surface area contributed by atoms with Crippen molar-refractivity contribution in [3.63, 3.8) is 0 Å². The van der Waals surface area contributed by atoms with Gasteiger partial charge in [0.05, 0.1) is 22.5 Å². The molecule has 0 bridgehead atoms. The fourth-order valence-electron chi connectivity index (χ4n) is 11.0. The predicted molar refractivity (Wildman–Crippen MR) is 313 cm³/mol. The van der Waals surface area contributed by atoms with Crippen LogP contribution in [-0.4, -0.2) is 23.1 Å². The van der Waals surface area contributed by atoms with Gasteiger partial charge in [0.1, 0.15) is 10.0 Å². The normalized spacial score (nSPS) is 13.1. The third kappa shape index (κ3) is 7.45. The van der Waals surface area contributed by atoms with E-state index >= 15 is 0 Å². The van der Waals surface area contributed by atoms with Crippen LogP contribution in [0.5, 0.6) is 0 Å². The lowest BCUT2D eigenvalue weighted by Crippen LogP contribution is -2.09. The number of thiophene rings is 2. The SMILES string of the molecule is O=C1C(=Cc2ccc(N(c3ccc(-c4ccc5cc(N(c6ccccc6)c6ccc(C=C7C(=O)c8ccccc8C7=O)s6)c6ccccc6c5c4)cc3)c3c4ccccc4cc4ccccc34)s2)C(=O)c2ccccc21. The summed E-state index contributed by atoms with van der Waals surface area (Å²) in [5.74, 6) is -0.966. The summed E-state index contributed by atoms with van der Waals surface area (Å²) in [5.41, 5.74) is 8.30. The van der Waals surface area contributed by atoms with Crippen molar-refractivity contribution in [1.29, 1.82) is 0 Å². The molecule has 76 heavy (non-hydrogen) atoms. The first-order valence-corrected chi connectivity index (χ1v) is 26.6. The summed E-state index contributed by atoms with van der Waals surface area (Å²) < 4.78 is 0. The zero-order chi connectivity index (χ0) is 51.0. The fourth-order valence-corrected chi connectivity index (χ4v) is 12.9. The van der Waals surface area contributed by atoms with Crippen LogP contribution in [0.4, 0.5) is 32.8 Å². The van der Waals surface area contributed by atoms with Gasteiger partial charge in [-0.3, -0.25) is 19.2 Å². The number of ketones is 4. The Morgan fingerprint density at radius 2 is 0.750 bits per heavy atom. The topological polar surface area (TPSA) is 74.8 Å². The fraction of sp³-hybridized carbons (Fsp3) is 0. The monoisotopic (exact) mass is 1010 g/mol. The molecule has 2 aromatic heterocycles. The number of nitrogens with zero attached hydrogens (tertiary/aromatic N) is 2. The maximum Gasteiger partial charge on any atom is 0.197 e. The molecule has 0 radical (unpaired) electrons. The maximum atomic E-state index is 13.5. The zero-order valence-electron chi connectivity index (χ0n) is 40.4. The van der Waals surface area contributed by atoms with E-state index in [1.165, 1.54) is 11.3 Å². The van der Waals surface area contributed by atoms with E-state index in [2.05, 4.69) is 161 Å². The van der Waals surface area contributed by atoms with Crippen molar-refractivity contribution in [3.05, 3.63) is 274 Å². The number of hydrogen-bond acceptors (Lipinski definition) is 8. The zero-order valence-corrected chi connectivity index (χ0v) is 42.1. The van der Waals surface area contributed by atoms with Crippen LogP contribution in [0, 0.1) is 0 Å². The van der Waals surface area contributed by atoms with E-state index in [1.807, 2.05) is 30.3 Å². The Labute approximate surface area is 445 Å². The Kier molecular flexibility index (Phi) is 10.7. The lowest BCUT2D eigenvalue weighted by atomic mass is 9.95. The number of allylic oxidation sites excluding steroid dienone is 2. The van der Waals surface area contributed by atoms with E-state index in [4.69, 9.17) is 0 Å². The van der Waals surface area contributed by atoms with E-state index < -0.39 is 0 Å². The van der Waals surface area contributed by atoms with Crippen LogP contribution in [0.1, 0.15) is 51.2 Å². The van der Waals surface area contributed by atoms with Crippen LogP contribution in [0.15, 0.2) is 242 Å². The highest BCUT2D eigenvalue weighted by Gasteiger charge is 2.34. The van der Waals surface area contributed by atoms with Crippen molar-refractivity contribution >= 4 is 134 Å². The summed E-state index contributed by atoms with van der Waals surface area (Å²) in [6.07, 6.45) is 3.48. The number of benzene rings is 10. The molecule has 2 aliphatic rings. The maximum absolute atomic E-state index is 13.5. The number of hydrogen-bond donors (Lipinski definition) is 0. The third-order valence-electron chi connectivity index (χ3n) is 14.6. The first kappa shape index (κ1) is 45.0. The van der Waals surface area contributed by atoms with E-state index in [-0.39, 0.29) is 34.3 Å². The summed E-state index contributed by atoms with van der Waals surface area (Å²) in [6, 6.07) is 77.8. The average Bonchev–Trinajstić information content (AvgIpc) is 4.27. The van der Waals surface area contributed by atoms with Gasteiger partial charge in [0.15, 0.2) is 23.1 Å². The molecule has 12 aromatic rings. The summed E-state index contributed by atoms with van der Waals surface area (Å²) in [6.45, 7) is 0. The smallest absolute Gasteiger partial charge is 0.197 e. The predicted octanol–water partition coefficient (Wildman–Crippen LogP) is 18.0. The molecule has 0 unspecified atom stereocenters. The van der Waals surface area contributed by atoms with Crippen LogP contribution in [-0.2, 0) is 0 Å². The number of anilines is 6. The second-order valence-electron chi connectivity index (χ2n) is 19.0. The van der Waals surface area contributed by atoms with Gasteiger partial charge in [-0.05, 0) is 117 Å². The molecule has 0 amide bonds. The van der Waals surface area contributed by atoms with Crippen molar-refractivity contribution in [1.82, 2.24) is 0 Å². The van der Waals surface area contributed by atoms with Gasteiger partial charge < -0.3 is 9.80 Å². The van der Waals surface area contributed by atoms with Crippen LogP contribution in [0.2, 0.25) is 0 Å². The van der Waals surface area contributed by atoms with Gasteiger partial charge in [-0.2, -0.15) is 0 Å². The molecular formula is C68H40N2O4S2. The molecule has 0 saturated carbocycles. The van der Waals surface area contributed by atoms with Gasteiger partial charge in [0.2, 0.25) is 0 Å². The van der Waals surface area contributed by atoms with Gasteiger partial charge in [-0.15, -0.1) is 22.7 Å². The van der Waals surface area contributed by atoms with Crippen molar-refractivity contribution in [2.24, 2.45) is 0 Å². The van der Waals surface area contributed by atoms with Gasteiger partial charge in [0.25, 0.3) is 0 Å². The number of carbonyl (C=O) groups is 4. The molecule has 0 aliphatic heterocycles. The summed E-state index contributed by atoms with van der Waals surface area (Å²) >= 11 is 3.08. The molecule has 0 N–H and O–H groups in total. The minimum Gasteiger partial charge on any atom is -0.301 e. The average molecular weight is 1010 g/mol. The molecular weight excluding hydrogens is 973 g/mol. The number of carbonyl (C=O) groups excluding carboxylic acids is 4. The van der Waals surface area contributed by atoms with E-state index in [0.29, 0.717) is 22.3 Å². The molecule has 6 nitrogen and oxygen atoms in total. The molecule has 2 aliphatic carbocycles. The Hall–Kier alpha value is -9.60. The molecule has 8 heteroatoms. The molecule has 10 aromatic carbocycles. The van der Waals surface area contributed by atoms with Crippen LogP contribution in [0.25, 0.3) is 66.4 Å². The number of rotatable bonds is 9. The van der Waals surface area contributed by atoms with Crippen molar-refractivity contribution in [3.8, 4) is 11.1 Å². The highest BCUT2D eigenvalue weighted by Crippen LogP contribution is 2.48. The quantitative estimate of drug-likeness (QED) is 0.0621. The van der Waals surface area contributed by atoms with Gasteiger partial charge >= 0.3 is 0 Å². The van der Waals surface area contributed by atoms with Crippen LogP contribution < -0.4 is 9.80 Å². The molecule has 358 valence electrons. The molecule has 0 spiro atoms. The second kappa shape index (κ2) is 18.1. The van der Waals surface area contributed by atoms with Crippen LogP contribution in [0.3, 0.4) is 0 Å². The van der Waals surface area contributed by atoms with E-state index in [1.54, 1.807) is 72.0 Å². The first-order chi connectivity index (χ1) is 37.3. The highest BCUT2D eigenvalue weighted by atomic mass is 32.1. The van der Waals surface area contributed by atoms with E-state index in [0.717, 1.165) is 96.7 Å². The van der Waals surface area contributed by atoms with Crippen LogP contribution >= 0.6 is 22.7 Å². The first-order valence-electron chi connectivity index (χ1n) is 25.0. The molecule has 0 saturated heterocycles. The highest BCUT2D eigenvalue weighted by molar-refractivity contribution is 7.17. The van der Waals surface area contributed by atoms with Crippen molar-refractivity contribution in [2.75, 3.05) is 9.80 Å². The Morgan fingerprint density at radius 3 is 1.30 bits per heavy atom. The molecule has 14 rings (SSSR count). The minimum absolute atomic E-state index is 0.185. The Bertz CT molecular complexity index is 4380. The van der Waals surface area contributed by atoms with Gasteiger partial charge in [-0.25, -0.2) is 0 Å². The van der Waals surface area contributed by atoms with Crippen molar-refractivity contribution in [2.45, 2.75) is 0 Å². The molecule has 0 atom stereocenters. The molecule has 2 heterocycles. The standard InChI is InChI=1S/C68H40N2O4S2/c71-65-54-22-10-11-23-55(54)66(72)59(65)39-48-32-34-62(75-48)69(46-16-2-1-3-17-46)61-38-45-27-26-42(37-58(45)52-20-8-9-21-53(52)61)41-28-30-47(31-29-41)70(64-50-18-6-4-14-43(50)36-44-15-5-7-19-51(44)64)63-35-33-49(76-63)40-60-67(73)56-24-12-13-25-57(56)68(60)74/h1-40H. The number of para-hydroxylation sites is 1.